The molecule has 1 rings (SSSR count). The van der Waals surface area contributed by atoms with E-state index in [1.165, 1.54) is 7.11 Å². The molecule has 76 valence electrons. The van der Waals surface area contributed by atoms with E-state index in [1.807, 2.05) is 0 Å². The summed E-state index contributed by atoms with van der Waals surface area (Å²) in [7, 11) is 1.46. The van der Waals surface area contributed by atoms with Crippen molar-refractivity contribution in [2.24, 2.45) is 5.73 Å². The molecule has 0 aliphatic carbocycles. The molecule has 0 spiro atoms. The van der Waals surface area contributed by atoms with E-state index in [-0.39, 0.29) is 5.02 Å². The summed E-state index contributed by atoms with van der Waals surface area (Å²) in [4.78, 5) is 10.6. The van der Waals surface area contributed by atoms with Crippen LogP contribution in [0, 0.1) is 0 Å². The van der Waals surface area contributed by atoms with Gasteiger partial charge in [0.2, 0.25) is 0 Å². The van der Waals surface area contributed by atoms with Gasteiger partial charge in [-0.3, -0.25) is 4.79 Å². The van der Waals surface area contributed by atoms with Crippen molar-refractivity contribution in [3.63, 3.8) is 0 Å². The lowest BCUT2D eigenvalue weighted by Gasteiger charge is -2.11. The SMILES string of the molecule is COc1cccc(C(N)C(=O)O)c1Cl. The van der Waals surface area contributed by atoms with Crippen LogP contribution in [0.25, 0.3) is 0 Å². The van der Waals surface area contributed by atoms with Crippen LogP contribution >= 0.6 is 11.6 Å². The van der Waals surface area contributed by atoms with Gasteiger partial charge in [-0.2, -0.15) is 0 Å². The van der Waals surface area contributed by atoms with Gasteiger partial charge < -0.3 is 15.6 Å². The molecule has 0 aromatic heterocycles. The number of hydrogen-bond donors (Lipinski definition) is 2. The van der Waals surface area contributed by atoms with Crippen LogP contribution in [0.3, 0.4) is 0 Å². The van der Waals surface area contributed by atoms with Gasteiger partial charge in [0, 0.05) is 5.56 Å². The van der Waals surface area contributed by atoms with Gasteiger partial charge >= 0.3 is 5.97 Å². The number of carboxylic acid groups (broad SMARTS) is 1. The molecule has 0 bridgehead atoms. The number of aliphatic carboxylic acids is 1. The van der Waals surface area contributed by atoms with Gasteiger partial charge in [-0.1, -0.05) is 23.7 Å². The zero-order chi connectivity index (χ0) is 10.7. The molecule has 14 heavy (non-hydrogen) atoms. The van der Waals surface area contributed by atoms with E-state index in [2.05, 4.69) is 0 Å². The molecule has 4 nitrogen and oxygen atoms in total. The number of ether oxygens (including phenoxy) is 1. The van der Waals surface area contributed by atoms with Crippen molar-refractivity contribution in [2.45, 2.75) is 6.04 Å². The summed E-state index contributed by atoms with van der Waals surface area (Å²) in [5.74, 6) is -0.707. The predicted molar refractivity (Wildman–Crippen MR) is 52.6 cm³/mol. The molecule has 0 heterocycles. The normalized spacial score (nSPS) is 12.2. The van der Waals surface area contributed by atoms with Gasteiger partial charge in [0.1, 0.15) is 11.8 Å². The fraction of sp³-hybridized carbons (Fsp3) is 0.222. The van der Waals surface area contributed by atoms with E-state index < -0.39 is 12.0 Å². The van der Waals surface area contributed by atoms with Crippen LogP contribution in [-0.2, 0) is 4.79 Å². The molecule has 1 atom stereocenters. The number of halogens is 1. The zero-order valence-corrected chi connectivity index (χ0v) is 8.28. The summed E-state index contributed by atoms with van der Waals surface area (Å²) in [6.45, 7) is 0. The molecule has 0 aliphatic rings. The molecule has 0 saturated carbocycles. The average molecular weight is 216 g/mol. The topological polar surface area (TPSA) is 72.5 Å². The number of hydrogen-bond acceptors (Lipinski definition) is 3. The first kappa shape index (κ1) is 10.8. The molecule has 0 radical (unpaired) electrons. The van der Waals surface area contributed by atoms with E-state index in [0.29, 0.717) is 11.3 Å². The summed E-state index contributed by atoms with van der Waals surface area (Å²) in [6.07, 6.45) is 0. The lowest BCUT2D eigenvalue weighted by atomic mass is 10.1. The number of benzene rings is 1. The predicted octanol–water partition coefficient (Wildman–Crippen LogP) is 1.43. The first-order chi connectivity index (χ1) is 6.57. The van der Waals surface area contributed by atoms with Crippen LogP contribution in [-0.4, -0.2) is 18.2 Å². The van der Waals surface area contributed by atoms with Crippen molar-refractivity contribution >= 4 is 17.6 Å². The Balaban J connectivity index is 3.15. The van der Waals surface area contributed by atoms with E-state index in [0.717, 1.165) is 0 Å². The molecule has 0 amide bonds. The maximum atomic E-state index is 10.6. The smallest absolute Gasteiger partial charge is 0.325 e. The molecule has 1 aromatic carbocycles. The average Bonchev–Trinajstić information content (AvgIpc) is 2.17. The van der Waals surface area contributed by atoms with E-state index in [1.54, 1.807) is 18.2 Å². The molecule has 1 aromatic rings. The Morgan fingerprint density at radius 2 is 2.29 bits per heavy atom. The summed E-state index contributed by atoms with van der Waals surface area (Å²) in [5, 5.41) is 8.94. The Hall–Kier alpha value is -1.26. The molecule has 0 saturated heterocycles. The standard InChI is InChI=1S/C9H10ClNO3/c1-14-6-4-2-3-5(7(6)10)8(11)9(12)13/h2-4,8H,11H2,1H3,(H,12,13). The number of rotatable bonds is 3. The van der Waals surface area contributed by atoms with Crippen LogP contribution in [0.1, 0.15) is 11.6 Å². The van der Waals surface area contributed by atoms with E-state index in [4.69, 9.17) is 27.2 Å². The third-order valence-corrected chi connectivity index (χ3v) is 2.22. The molecule has 0 aliphatic heterocycles. The monoisotopic (exact) mass is 215 g/mol. The highest BCUT2D eigenvalue weighted by Crippen LogP contribution is 2.30. The number of nitrogens with two attached hydrogens (primary N) is 1. The summed E-state index contributed by atoms with van der Waals surface area (Å²) >= 11 is 5.88. The Kier molecular flexibility index (Phi) is 3.33. The Morgan fingerprint density at radius 3 is 2.79 bits per heavy atom. The lowest BCUT2D eigenvalue weighted by Crippen LogP contribution is -2.21. The van der Waals surface area contributed by atoms with Crippen molar-refractivity contribution < 1.29 is 14.6 Å². The van der Waals surface area contributed by atoms with E-state index in [9.17, 15) is 4.79 Å². The first-order valence-corrected chi connectivity index (χ1v) is 4.26. The quantitative estimate of drug-likeness (QED) is 0.800. The zero-order valence-electron chi connectivity index (χ0n) is 7.53. The third kappa shape index (κ3) is 1.97. The molecule has 0 fully saturated rings. The minimum absolute atomic E-state index is 0.241. The second-order valence-electron chi connectivity index (χ2n) is 2.68. The Labute approximate surface area is 86.2 Å². The van der Waals surface area contributed by atoms with Crippen molar-refractivity contribution in [1.29, 1.82) is 0 Å². The van der Waals surface area contributed by atoms with Gasteiger partial charge in [-0.15, -0.1) is 0 Å². The fourth-order valence-electron chi connectivity index (χ4n) is 1.06. The maximum absolute atomic E-state index is 10.6. The van der Waals surface area contributed by atoms with Gasteiger partial charge in [-0.25, -0.2) is 0 Å². The van der Waals surface area contributed by atoms with Crippen molar-refractivity contribution in [2.75, 3.05) is 7.11 Å². The van der Waals surface area contributed by atoms with Crippen LogP contribution < -0.4 is 10.5 Å². The number of carbonyl (C=O) groups is 1. The second-order valence-corrected chi connectivity index (χ2v) is 3.06. The largest absolute Gasteiger partial charge is 0.495 e. The number of carboxylic acids is 1. The minimum atomic E-state index is -1.13. The Morgan fingerprint density at radius 1 is 1.64 bits per heavy atom. The highest BCUT2D eigenvalue weighted by atomic mass is 35.5. The first-order valence-electron chi connectivity index (χ1n) is 3.88. The van der Waals surface area contributed by atoms with Gasteiger partial charge in [0.15, 0.2) is 0 Å². The fourth-order valence-corrected chi connectivity index (χ4v) is 1.38. The highest BCUT2D eigenvalue weighted by molar-refractivity contribution is 6.33. The number of methoxy groups -OCH3 is 1. The second kappa shape index (κ2) is 4.30. The minimum Gasteiger partial charge on any atom is -0.495 e. The molecule has 5 heteroatoms. The van der Waals surface area contributed by atoms with Crippen molar-refractivity contribution in [3.05, 3.63) is 28.8 Å². The molecule has 3 N–H and O–H groups in total. The lowest BCUT2D eigenvalue weighted by molar-refractivity contribution is -0.138. The third-order valence-electron chi connectivity index (χ3n) is 1.81. The van der Waals surface area contributed by atoms with Crippen molar-refractivity contribution in [1.82, 2.24) is 0 Å². The molecule has 1 unspecified atom stereocenters. The summed E-state index contributed by atoms with van der Waals surface area (Å²) in [6, 6.07) is 3.71. The maximum Gasteiger partial charge on any atom is 0.325 e. The summed E-state index contributed by atoms with van der Waals surface area (Å²) < 4.78 is 4.94. The summed E-state index contributed by atoms with van der Waals surface area (Å²) in [5.41, 5.74) is 5.77. The van der Waals surface area contributed by atoms with Crippen LogP contribution in [0.2, 0.25) is 5.02 Å². The van der Waals surface area contributed by atoms with Crippen LogP contribution in [0.15, 0.2) is 18.2 Å². The molecular weight excluding hydrogens is 206 g/mol. The van der Waals surface area contributed by atoms with E-state index >= 15 is 0 Å². The molecular formula is C9H10ClNO3. The van der Waals surface area contributed by atoms with Crippen molar-refractivity contribution in [3.8, 4) is 5.75 Å². The highest BCUT2D eigenvalue weighted by Gasteiger charge is 2.19. The Bertz CT molecular complexity index is 354. The van der Waals surface area contributed by atoms with Gasteiger partial charge in [0.25, 0.3) is 0 Å². The van der Waals surface area contributed by atoms with Crippen LogP contribution in [0.4, 0.5) is 0 Å². The van der Waals surface area contributed by atoms with Gasteiger partial charge in [-0.05, 0) is 6.07 Å². The van der Waals surface area contributed by atoms with Gasteiger partial charge in [0.05, 0.1) is 12.1 Å². The van der Waals surface area contributed by atoms with Crippen LogP contribution in [0.5, 0.6) is 5.75 Å².